The Morgan fingerprint density at radius 1 is 1.18 bits per heavy atom. The molecule has 1 N–H and O–H groups in total. The van der Waals surface area contributed by atoms with Gasteiger partial charge in [-0.05, 0) is 42.3 Å². The van der Waals surface area contributed by atoms with E-state index in [-0.39, 0.29) is 11.6 Å². The minimum atomic E-state index is -4.45. The number of hydrogen-bond donors (Lipinski definition) is 1. The second-order valence-corrected chi connectivity index (χ2v) is 6.80. The summed E-state index contributed by atoms with van der Waals surface area (Å²) in [5, 5.41) is 3.28. The van der Waals surface area contributed by atoms with Crippen LogP contribution in [0.1, 0.15) is 27.9 Å². The molecule has 0 fully saturated rings. The van der Waals surface area contributed by atoms with Crippen molar-refractivity contribution < 1.29 is 22.7 Å². The molecular weight excluding hydrogens is 389 g/mol. The van der Waals surface area contributed by atoms with E-state index < -0.39 is 11.2 Å². The van der Waals surface area contributed by atoms with E-state index in [0.29, 0.717) is 40.3 Å². The quantitative estimate of drug-likeness (QED) is 0.596. The Labute approximate surface area is 164 Å². The normalized spacial score (nSPS) is 11.3. The molecule has 0 saturated carbocycles. The molecule has 28 heavy (non-hydrogen) atoms. The lowest BCUT2D eigenvalue weighted by molar-refractivity contribution is -0.137. The number of hydrogen-bond acceptors (Lipinski definition) is 4. The molecule has 3 aromatic rings. The molecule has 0 aliphatic carbocycles. The first-order chi connectivity index (χ1) is 13.3. The van der Waals surface area contributed by atoms with Crippen LogP contribution < -0.4 is 10.1 Å². The van der Waals surface area contributed by atoms with Crippen molar-refractivity contribution in [1.29, 1.82) is 0 Å². The molecule has 8 heteroatoms. The van der Waals surface area contributed by atoms with Crippen LogP contribution in [0, 0.1) is 0 Å². The second-order valence-electron chi connectivity index (χ2n) is 5.94. The minimum absolute atomic E-state index is 0.249. The highest BCUT2D eigenvalue weighted by molar-refractivity contribution is 7.10. The van der Waals surface area contributed by atoms with Crippen molar-refractivity contribution in [3.8, 4) is 17.0 Å². The van der Waals surface area contributed by atoms with Crippen LogP contribution in [0.5, 0.6) is 5.75 Å². The van der Waals surface area contributed by atoms with Gasteiger partial charge in [-0.3, -0.25) is 4.79 Å². The maximum atomic E-state index is 12.7. The fourth-order valence-electron chi connectivity index (χ4n) is 2.67. The zero-order valence-corrected chi connectivity index (χ0v) is 15.9. The molecule has 0 radical (unpaired) electrons. The number of alkyl halides is 3. The molecule has 0 unspecified atom stereocenters. The standard InChI is InChI=1S/C20H17F3N2O2S/c1-3-12-10-15(27-2)8-9-16(12)18(26)24-14-6-4-13(5-7-14)17-11-28-19(25-17)20(21,22)23/h4-11H,3H2,1-2H3,(H,24,26). The lowest BCUT2D eigenvalue weighted by Gasteiger charge is -2.11. The van der Waals surface area contributed by atoms with Gasteiger partial charge in [0.25, 0.3) is 5.91 Å². The van der Waals surface area contributed by atoms with E-state index in [2.05, 4.69) is 10.3 Å². The molecular formula is C20H17F3N2O2S. The van der Waals surface area contributed by atoms with Gasteiger partial charge >= 0.3 is 6.18 Å². The van der Waals surface area contributed by atoms with Gasteiger partial charge in [-0.15, -0.1) is 11.3 Å². The number of aromatic nitrogens is 1. The van der Waals surface area contributed by atoms with Gasteiger partial charge in [0.15, 0.2) is 5.01 Å². The summed E-state index contributed by atoms with van der Waals surface area (Å²) in [6, 6.07) is 11.8. The largest absolute Gasteiger partial charge is 0.497 e. The molecule has 146 valence electrons. The molecule has 1 amide bonds. The summed E-state index contributed by atoms with van der Waals surface area (Å²) in [7, 11) is 1.57. The molecule has 0 aliphatic heterocycles. The van der Waals surface area contributed by atoms with E-state index in [1.54, 1.807) is 43.5 Å². The number of anilines is 1. The Bertz CT molecular complexity index is 982. The van der Waals surface area contributed by atoms with Gasteiger partial charge in [-0.1, -0.05) is 19.1 Å². The fourth-order valence-corrected chi connectivity index (χ4v) is 3.37. The molecule has 1 aromatic heterocycles. The Morgan fingerprint density at radius 2 is 1.89 bits per heavy atom. The van der Waals surface area contributed by atoms with Crippen molar-refractivity contribution in [2.75, 3.05) is 12.4 Å². The van der Waals surface area contributed by atoms with Crippen LogP contribution >= 0.6 is 11.3 Å². The number of rotatable bonds is 5. The molecule has 0 saturated heterocycles. The number of carbonyl (C=O) groups is 1. The molecule has 3 rings (SSSR count). The van der Waals surface area contributed by atoms with E-state index in [1.165, 1.54) is 5.38 Å². The van der Waals surface area contributed by atoms with Gasteiger partial charge in [0.2, 0.25) is 0 Å². The van der Waals surface area contributed by atoms with Crippen molar-refractivity contribution in [1.82, 2.24) is 4.98 Å². The predicted molar refractivity (Wildman–Crippen MR) is 103 cm³/mol. The maximum Gasteiger partial charge on any atom is 0.443 e. The summed E-state index contributed by atoms with van der Waals surface area (Å²) < 4.78 is 43.2. The van der Waals surface area contributed by atoms with Gasteiger partial charge < -0.3 is 10.1 Å². The van der Waals surface area contributed by atoms with Gasteiger partial charge in [-0.25, -0.2) is 4.98 Å². The molecule has 2 aromatic carbocycles. The third-order valence-corrected chi connectivity index (χ3v) is 5.01. The highest BCUT2D eigenvalue weighted by Gasteiger charge is 2.34. The highest BCUT2D eigenvalue weighted by Crippen LogP contribution is 2.34. The lowest BCUT2D eigenvalue weighted by atomic mass is 10.0. The van der Waals surface area contributed by atoms with Crippen molar-refractivity contribution >= 4 is 22.9 Å². The van der Waals surface area contributed by atoms with Crippen LogP contribution in [-0.4, -0.2) is 18.0 Å². The number of halogens is 3. The van der Waals surface area contributed by atoms with E-state index in [0.717, 1.165) is 5.56 Å². The minimum Gasteiger partial charge on any atom is -0.497 e. The molecule has 0 atom stereocenters. The zero-order valence-electron chi connectivity index (χ0n) is 15.1. The van der Waals surface area contributed by atoms with Crippen LogP contribution in [0.4, 0.5) is 18.9 Å². The lowest BCUT2D eigenvalue weighted by Crippen LogP contribution is -2.14. The van der Waals surface area contributed by atoms with Crippen molar-refractivity contribution in [2.24, 2.45) is 0 Å². The SMILES string of the molecule is CCc1cc(OC)ccc1C(=O)Nc1ccc(-c2csc(C(F)(F)F)n2)cc1. The smallest absolute Gasteiger partial charge is 0.443 e. The Balaban J connectivity index is 1.76. The van der Waals surface area contributed by atoms with Crippen molar-refractivity contribution in [2.45, 2.75) is 19.5 Å². The van der Waals surface area contributed by atoms with Gasteiger partial charge in [0.05, 0.1) is 12.8 Å². The Morgan fingerprint density at radius 3 is 2.46 bits per heavy atom. The van der Waals surface area contributed by atoms with Crippen molar-refractivity contribution in [3.63, 3.8) is 0 Å². The number of thiazole rings is 1. The number of nitrogens with one attached hydrogen (secondary N) is 1. The average Bonchev–Trinajstić information content (AvgIpc) is 3.18. The number of benzene rings is 2. The number of ether oxygens (including phenoxy) is 1. The Hall–Kier alpha value is -2.87. The van der Waals surface area contributed by atoms with Crippen LogP contribution in [0.15, 0.2) is 47.8 Å². The summed E-state index contributed by atoms with van der Waals surface area (Å²) >= 11 is 0.554. The zero-order chi connectivity index (χ0) is 20.3. The third-order valence-electron chi connectivity index (χ3n) is 4.12. The number of aryl methyl sites for hydroxylation is 1. The predicted octanol–water partition coefficient (Wildman–Crippen LogP) is 5.65. The number of nitrogens with zero attached hydrogens (tertiary/aromatic N) is 1. The topological polar surface area (TPSA) is 51.2 Å². The molecule has 0 aliphatic rings. The fraction of sp³-hybridized carbons (Fsp3) is 0.200. The van der Waals surface area contributed by atoms with E-state index in [4.69, 9.17) is 4.74 Å². The first kappa shape index (κ1) is 19.9. The highest BCUT2D eigenvalue weighted by atomic mass is 32.1. The van der Waals surface area contributed by atoms with E-state index in [9.17, 15) is 18.0 Å². The molecule has 0 spiro atoms. The maximum absolute atomic E-state index is 12.7. The number of methoxy groups -OCH3 is 1. The van der Waals surface area contributed by atoms with E-state index in [1.807, 2.05) is 13.0 Å². The van der Waals surface area contributed by atoms with E-state index >= 15 is 0 Å². The van der Waals surface area contributed by atoms with Crippen molar-refractivity contribution in [3.05, 3.63) is 64.0 Å². The monoisotopic (exact) mass is 406 g/mol. The molecule has 1 heterocycles. The number of amides is 1. The number of carbonyl (C=O) groups excluding carboxylic acids is 1. The summed E-state index contributed by atoms with van der Waals surface area (Å²) in [4.78, 5) is 16.2. The van der Waals surface area contributed by atoms with Crippen LogP contribution in [0.3, 0.4) is 0 Å². The summed E-state index contributed by atoms with van der Waals surface area (Å²) in [5.74, 6) is 0.416. The van der Waals surface area contributed by atoms with Crippen LogP contribution in [0.2, 0.25) is 0 Å². The summed E-state index contributed by atoms with van der Waals surface area (Å²) in [5.41, 5.74) is 2.73. The second kappa shape index (κ2) is 8.02. The molecule has 0 bridgehead atoms. The third kappa shape index (κ3) is 4.33. The Kier molecular flexibility index (Phi) is 5.69. The first-order valence-corrected chi connectivity index (χ1v) is 9.31. The summed E-state index contributed by atoms with van der Waals surface area (Å²) in [6.45, 7) is 1.95. The molecule has 4 nitrogen and oxygen atoms in total. The van der Waals surface area contributed by atoms with Gasteiger partial charge in [0.1, 0.15) is 5.75 Å². The van der Waals surface area contributed by atoms with Gasteiger partial charge in [-0.2, -0.15) is 13.2 Å². The van der Waals surface area contributed by atoms with Gasteiger partial charge in [0, 0.05) is 22.2 Å². The van der Waals surface area contributed by atoms with Crippen LogP contribution in [-0.2, 0) is 12.6 Å². The average molecular weight is 406 g/mol. The first-order valence-electron chi connectivity index (χ1n) is 8.43. The van der Waals surface area contributed by atoms with Crippen LogP contribution in [0.25, 0.3) is 11.3 Å². The summed E-state index contributed by atoms with van der Waals surface area (Å²) in [6.07, 6.45) is -3.78.